The molecule has 0 amide bonds. The fraction of sp³-hybridized carbons (Fsp3) is 0.632. The molecule has 2 nitrogen and oxygen atoms in total. The van der Waals surface area contributed by atoms with E-state index in [1.807, 2.05) is 24.3 Å². The molecule has 4 aliphatic carbocycles. The maximum absolute atomic E-state index is 5.91. The molecule has 124 valence electrons. The molecular weight excluding hydrogens is 324 g/mol. The lowest BCUT2D eigenvalue weighted by atomic mass is 9.49. The summed E-state index contributed by atoms with van der Waals surface area (Å²) in [5.74, 6) is 3.08. The van der Waals surface area contributed by atoms with Crippen LogP contribution in [0.3, 0.4) is 0 Å². The molecule has 0 aliphatic heterocycles. The van der Waals surface area contributed by atoms with Crippen molar-refractivity contribution in [2.75, 3.05) is 11.9 Å². The van der Waals surface area contributed by atoms with Crippen LogP contribution in [-0.2, 0) is 0 Å². The highest BCUT2D eigenvalue weighted by atomic mass is 35.5. The maximum atomic E-state index is 5.91. The topological polar surface area (TPSA) is 24.1 Å². The molecule has 1 aromatic carbocycles. The molecule has 4 aliphatic rings. The first kappa shape index (κ1) is 15.7. The highest BCUT2D eigenvalue weighted by molar-refractivity contribution is 7.80. The van der Waals surface area contributed by atoms with E-state index in [1.54, 1.807) is 0 Å². The van der Waals surface area contributed by atoms with Gasteiger partial charge in [-0.05, 0) is 105 Å². The Morgan fingerprint density at radius 1 is 1.04 bits per heavy atom. The van der Waals surface area contributed by atoms with E-state index >= 15 is 0 Å². The summed E-state index contributed by atoms with van der Waals surface area (Å²) in [5, 5.41) is 8.11. The summed E-state index contributed by atoms with van der Waals surface area (Å²) >= 11 is 11.3. The number of halogens is 1. The Morgan fingerprint density at radius 2 is 1.61 bits per heavy atom. The molecule has 0 aromatic heterocycles. The van der Waals surface area contributed by atoms with Crippen molar-refractivity contribution in [3.05, 3.63) is 29.3 Å². The first-order chi connectivity index (χ1) is 11.1. The van der Waals surface area contributed by atoms with Gasteiger partial charge in [-0.15, -0.1) is 0 Å². The summed E-state index contributed by atoms with van der Waals surface area (Å²) in [5.41, 5.74) is 1.61. The minimum Gasteiger partial charge on any atom is -0.362 e. The van der Waals surface area contributed by atoms with Crippen LogP contribution in [0.4, 0.5) is 5.69 Å². The second-order valence-corrected chi connectivity index (χ2v) is 8.90. The molecular formula is C19H25ClN2S. The number of hydrogen-bond acceptors (Lipinski definition) is 1. The van der Waals surface area contributed by atoms with Gasteiger partial charge < -0.3 is 10.6 Å². The lowest BCUT2D eigenvalue weighted by molar-refractivity contribution is -0.0562. The average molecular weight is 349 g/mol. The van der Waals surface area contributed by atoms with Gasteiger partial charge in [0.2, 0.25) is 0 Å². The second kappa shape index (κ2) is 6.25. The Balaban J connectivity index is 1.27. The van der Waals surface area contributed by atoms with Crippen LogP contribution in [0.5, 0.6) is 0 Å². The molecule has 4 fully saturated rings. The molecule has 0 spiro atoms. The van der Waals surface area contributed by atoms with Gasteiger partial charge in [-0.25, -0.2) is 0 Å². The molecule has 23 heavy (non-hydrogen) atoms. The predicted molar refractivity (Wildman–Crippen MR) is 101 cm³/mol. The summed E-state index contributed by atoms with van der Waals surface area (Å²) in [6, 6.07) is 7.66. The van der Waals surface area contributed by atoms with E-state index in [9.17, 15) is 0 Å². The van der Waals surface area contributed by atoms with E-state index in [2.05, 4.69) is 10.6 Å². The van der Waals surface area contributed by atoms with Crippen LogP contribution in [0, 0.1) is 23.2 Å². The zero-order valence-electron chi connectivity index (χ0n) is 13.5. The second-order valence-electron chi connectivity index (χ2n) is 8.06. The van der Waals surface area contributed by atoms with Crippen LogP contribution in [0.15, 0.2) is 24.3 Å². The summed E-state index contributed by atoms with van der Waals surface area (Å²) in [6.45, 7) is 0.992. The fourth-order valence-electron chi connectivity index (χ4n) is 5.75. The monoisotopic (exact) mass is 348 g/mol. The third kappa shape index (κ3) is 3.51. The maximum Gasteiger partial charge on any atom is 0.170 e. The summed E-state index contributed by atoms with van der Waals surface area (Å²) in [4.78, 5) is 0. The summed E-state index contributed by atoms with van der Waals surface area (Å²) in [6.07, 6.45) is 10.2. The molecule has 2 N–H and O–H groups in total. The molecule has 4 bridgehead atoms. The van der Waals surface area contributed by atoms with Crippen molar-refractivity contribution in [2.45, 2.75) is 44.9 Å². The molecule has 4 saturated carbocycles. The first-order valence-corrected chi connectivity index (χ1v) is 9.69. The van der Waals surface area contributed by atoms with Crippen molar-refractivity contribution in [3.63, 3.8) is 0 Å². The van der Waals surface area contributed by atoms with Crippen molar-refractivity contribution >= 4 is 34.6 Å². The van der Waals surface area contributed by atoms with Gasteiger partial charge >= 0.3 is 0 Å². The molecule has 0 saturated heterocycles. The van der Waals surface area contributed by atoms with Crippen molar-refractivity contribution in [1.29, 1.82) is 0 Å². The van der Waals surface area contributed by atoms with Crippen LogP contribution >= 0.6 is 23.8 Å². The normalized spacial score (nSPS) is 34.4. The van der Waals surface area contributed by atoms with E-state index < -0.39 is 0 Å². The Hall–Kier alpha value is -0.800. The van der Waals surface area contributed by atoms with Crippen molar-refractivity contribution in [2.24, 2.45) is 23.2 Å². The Morgan fingerprint density at radius 3 is 2.17 bits per heavy atom. The molecule has 0 radical (unpaired) electrons. The lowest BCUT2D eigenvalue weighted by Gasteiger charge is -2.57. The largest absolute Gasteiger partial charge is 0.362 e. The van der Waals surface area contributed by atoms with Gasteiger partial charge in [0.1, 0.15) is 0 Å². The third-order valence-electron chi connectivity index (χ3n) is 6.21. The van der Waals surface area contributed by atoms with Crippen LogP contribution in [-0.4, -0.2) is 11.7 Å². The number of benzene rings is 1. The van der Waals surface area contributed by atoms with Crippen LogP contribution < -0.4 is 10.6 Å². The Kier molecular flexibility index (Phi) is 4.27. The van der Waals surface area contributed by atoms with Crippen LogP contribution in [0.2, 0.25) is 5.02 Å². The van der Waals surface area contributed by atoms with Crippen molar-refractivity contribution in [1.82, 2.24) is 5.32 Å². The number of nitrogens with one attached hydrogen (secondary N) is 2. The average Bonchev–Trinajstić information content (AvgIpc) is 2.48. The van der Waals surface area contributed by atoms with E-state index in [4.69, 9.17) is 23.8 Å². The van der Waals surface area contributed by atoms with E-state index in [0.717, 1.165) is 40.1 Å². The molecule has 0 unspecified atom stereocenters. The smallest absolute Gasteiger partial charge is 0.170 e. The highest BCUT2D eigenvalue weighted by Crippen LogP contribution is 2.61. The van der Waals surface area contributed by atoms with Gasteiger partial charge in [-0.1, -0.05) is 11.6 Å². The molecule has 0 atom stereocenters. The van der Waals surface area contributed by atoms with Gasteiger partial charge in [0, 0.05) is 17.3 Å². The summed E-state index contributed by atoms with van der Waals surface area (Å²) in [7, 11) is 0. The lowest BCUT2D eigenvalue weighted by Crippen LogP contribution is -2.47. The Labute approximate surface area is 149 Å². The third-order valence-corrected chi connectivity index (χ3v) is 6.71. The zero-order valence-corrected chi connectivity index (χ0v) is 15.1. The fourth-order valence-corrected chi connectivity index (χ4v) is 6.09. The molecule has 0 heterocycles. The minimum absolute atomic E-state index is 0.623. The molecule has 5 rings (SSSR count). The van der Waals surface area contributed by atoms with E-state index in [1.165, 1.54) is 44.9 Å². The Bertz CT molecular complexity index is 548. The quantitative estimate of drug-likeness (QED) is 0.728. The number of thiocarbonyl (C=S) groups is 1. The standard InChI is InChI=1S/C19H25ClN2S/c20-16-1-3-17(4-2-16)22-18(23)21-6-5-19-10-13-7-14(11-19)9-15(8-13)12-19/h1-4,13-15H,5-12H2,(H2,21,22,23). The van der Waals surface area contributed by atoms with Gasteiger partial charge in [0.25, 0.3) is 0 Å². The molecule has 4 heteroatoms. The minimum atomic E-state index is 0.623. The van der Waals surface area contributed by atoms with E-state index in [0.29, 0.717) is 5.41 Å². The van der Waals surface area contributed by atoms with E-state index in [-0.39, 0.29) is 0 Å². The van der Waals surface area contributed by atoms with Crippen molar-refractivity contribution in [3.8, 4) is 0 Å². The van der Waals surface area contributed by atoms with Crippen LogP contribution in [0.1, 0.15) is 44.9 Å². The first-order valence-electron chi connectivity index (χ1n) is 8.91. The number of hydrogen-bond donors (Lipinski definition) is 2. The predicted octanol–water partition coefficient (Wildman–Crippen LogP) is 5.23. The van der Waals surface area contributed by atoms with Gasteiger partial charge in [-0.2, -0.15) is 0 Å². The van der Waals surface area contributed by atoms with Crippen LogP contribution in [0.25, 0.3) is 0 Å². The number of rotatable bonds is 4. The SMILES string of the molecule is S=C(NCCC12CC3CC(CC(C3)C1)C2)Nc1ccc(Cl)cc1. The van der Waals surface area contributed by atoms with Gasteiger partial charge in [0.05, 0.1) is 0 Å². The highest BCUT2D eigenvalue weighted by Gasteiger charge is 2.50. The van der Waals surface area contributed by atoms with Gasteiger partial charge in [0.15, 0.2) is 5.11 Å². The number of anilines is 1. The molecule has 1 aromatic rings. The zero-order chi connectivity index (χ0) is 15.9. The van der Waals surface area contributed by atoms with Gasteiger partial charge in [-0.3, -0.25) is 0 Å². The summed E-state index contributed by atoms with van der Waals surface area (Å²) < 4.78 is 0. The van der Waals surface area contributed by atoms with Crippen molar-refractivity contribution < 1.29 is 0 Å².